The van der Waals surface area contributed by atoms with Crippen molar-refractivity contribution in [3.8, 4) is 34.0 Å². The molecule has 38 heavy (non-hydrogen) atoms. The summed E-state index contributed by atoms with van der Waals surface area (Å²) in [6.07, 6.45) is 4.50. The Hall–Kier alpha value is -4.42. The molecular formula is C26H23FN8O2S. The minimum Gasteiger partial charge on any atom is -0.353 e. The van der Waals surface area contributed by atoms with Gasteiger partial charge in [0.25, 0.3) is 0 Å². The van der Waals surface area contributed by atoms with Crippen molar-refractivity contribution >= 4 is 32.0 Å². The summed E-state index contributed by atoms with van der Waals surface area (Å²) >= 11 is 0. The van der Waals surface area contributed by atoms with Gasteiger partial charge in [0.15, 0.2) is 0 Å². The second-order valence-electron chi connectivity index (χ2n) is 9.16. The van der Waals surface area contributed by atoms with Gasteiger partial charge in [-0.05, 0) is 55.0 Å². The molecule has 5 aromatic heterocycles. The number of hydrogen-bond acceptors (Lipinski definition) is 6. The lowest BCUT2D eigenvalue weighted by Crippen LogP contribution is -2.21. The van der Waals surface area contributed by atoms with Gasteiger partial charge in [0, 0.05) is 36.3 Å². The van der Waals surface area contributed by atoms with E-state index in [4.69, 9.17) is 4.98 Å². The Balaban J connectivity index is 1.44. The van der Waals surface area contributed by atoms with Gasteiger partial charge in [-0.25, -0.2) is 27.5 Å². The van der Waals surface area contributed by atoms with Crippen molar-refractivity contribution in [2.24, 2.45) is 7.05 Å². The molecule has 0 amide bonds. The summed E-state index contributed by atoms with van der Waals surface area (Å²) in [6.45, 7) is 1.91. The summed E-state index contributed by atoms with van der Waals surface area (Å²) in [6, 6.07) is 12.0. The number of benzene rings is 1. The maximum atomic E-state index is 14.5. The van der Waals surface area contributed by atoms with Crippen LogP contribution < -0.4 is 4.72 Å². The second kappa shape index (κ2) is 8.85. The van der Waals surface area contributed by atoms with Crippen LogP contribution in [0.25, 0.3) is 56.0 Å². The molecule has 10 nitrogen and oxygen atoms in total. The van der Waals surface area contributed by atoms with Crippen LogP contribution in [0.3, 0.4) is 0 Å². The Labute approximate surface area is 217 Å². The zero-order valence-corrected chi connectivity index (χ0v) is 21.6. The standard InChI is InChI=1S/C26H23FN8O2S/c1-14-29-13-23(35(14)2)20-4-5-21-25(32-20)26(34-33-21)22-11-18-19(31-22)6-7-28-24(18)16-8-15(9-17(27)10-16)12-30-38(3,36)37/h4-11,13,30-31H,12H2,1-3H3,(H,33,34). The van der Waals surface area contributed by atoms with Crippen LogP contribution in [0.15, 0.2) is 54.9 Å². The molecule has 0 saturated heterocycles. The van der Waals surface area contributed by atoms with Gasteiger partial charge in [-0.2, -0.15) is 5.10 Å². The lowest BCUT2D eigenvalue weighted by Gasteiger charge is -2.07. The number of imidazole rings is 1. The number of nitrogens with one attached hydrogen (secondary N) is 3. The lowest BCUT2D eigenvalue weighted by molar-refractivity contribution is 0.586. The number of hydrogen-bond donors (Lipinski definition) is 3. The smallest absolute Gasteiger partial charge is 0.209 e. The number of pyridine rings is 2. The summed E-state index contributed by atoms with van der Waals surface area (Å²) < 4.78 is 41.9. The molecule has 0 atom stereocenters. The predicted molar refractivity (Wildman–Crippen MR) is 143 cm³/mol. The molecule has 0 spiro atoms. The molecule has 12 heteroatoms. The average molecular weight is 531 g/mol. The summed E-state index contributed by atoms with van der Waals surface area (Å²) in [5, 5.41) is 8.32. The topological polar surface area (TPSA) is 134 Å². The normalized spacial score (nSPS) is 12.1. The molecular weight excluding hydrogens is 507 g/mol. The molecule has 0 radical (unpaired) electrons. The maximum Gasteiger partial charge on any atom is 0.209 e. The van der Waals surface area contributed by atoms with E-state index in [9.17, 15) is 12.8 Å². The number of aromatic nitrogens is 7. The van der Waals surface area contributed by atoms with Gasteiger partial charge in [0.1, 0.15) is 22.9 Å². The van der Waals surface area contributed by atoms with Crippen molar-refractivity contribution < 1.29 is 12.8 Å². The van der Waals surface area contributed by atoms with Gasteiger partial charge < -0.3 is 9.55 Å². The van der Waals surface area contributed by atoms with Gasteiger partial charge in [-0.3, -0.25) is 10.1 Å². The summed E-state index contributed by atoms with van der Waals surface area (Å²) in [4.78, 5) is 17.1. The minimum atomic E-state index is -3.42. The van der Waals surface area contributed by atoms with Crippen LogP contribution in [0.1, 0.15) is 11.4 Å². The minimum absolute atomic E-state index is 0.0264. The fourth-order valence-electron chi connectivity index (χ4n) is 4.48. The molecule has 5 heterocycles. The zero-order chi connectivity index (χ0) is 26.6. The van der Waals surface area contributed by atoms with Crippen LogP contribution in [0.2, 0.25) is 0 Å². The summed E-state index contributed by atoms with van der Waals surface area (Å²) in [5.74, 6) is 0.403. The zero-order valence-electron chi connectivity index (χ0n) is 20.7. The number of rotatable bonds is 6. The first-order valence-electron chi connectivity index (χ1n) is 11.7. The van der Waals surface area contributed by atoms with Crippen molar-refractivity contribution in [3.05, 3.63) is 72.1 Å². The van der Waals surface area contributed by atoms with E-state index in [1.807, 2.05) is 42.8 Å². The first kappa shape index (κ1) is 23.9. The summed E-state index contributed by atoms with van der Waals surface area (Å²) in [5.41, 5.74) is 6.88. The molecule has 0 aliphatic heterocycles. The van der Waals surface area contributed by atoms with Crippen LogP contribution in [-0.4, -0.2) is 49.4 Å². The first-order chi connectivity index (χ1) is 18.2. The average Bonchev–Trinajstić information content (AvgIpc) is 3.58. The Morgan fingerprint density at radius 2 is 1.89 bits per heavy atom. The number of sulfonamides is 1. The van der Waals surface area contributed by atoms with E-state index >= 15 is 0 Å². The Morgan fingerprint density at radius 3 is 2.66 bits per heavy atom. The van der Waals surface area contributed by atoms with Crippen molar-refractivity contribution in [1.29, 1.82) is 0 Å². The highest BCUT2D eigenvalue weighted by atomic mass is 32.2. The van der Waals surface area contributed by atoms with Crippen LogP contribution in [0.4, 0.5) is 4.39 Å². The number of H-pyrrole nitrogens is 2. The van der Waals surface area contributed by atoms with Gasteiger partial charge in [-0.15, -0.1) is 0 Å². The molecule has 0 aliphatic rings. The van der Waals surface area contributed by atoms with Crippen molar-refractivity contribution in [1.82, 2.24) is 39.4 Å². The van der Waals surface area contributed by atoms with Crippen molar-refractivity contribution in [2.75, 3.05) is 6.26 Å². The Kier molecular flexibility index (Phi) is 5.58. The van der Waals surface area contributed by atoms with E-state index < -0.39 is 15.8 Å². The SMILES string of the molecule is Cc1ncc(-c2ccc3[nH]nc(-c4cc5c(-c6cc(F)cc(CNS(C)(=O)=O)c6)nccc5[nH]4)c3n2)n1C. The maximum absolute atomic E-state index is 14.5. The number of nitrogens with zero attached hydrogens (tertiary/aromatic N) is 5. The fourth-order valence-corrected chi connectivity index (χ4v) is 4.91. The third-order valence-corrected chi connectivity index (χ3v) is 7.13. The Bertz CT molecular complexity index is 1960. The van der Waals surface area contributed by atoms with E-state index in [-0.39, 0.29) is 6.54 Å². The van der Waals surface area contributed by atoms with E-state index in [0.29, 0.717) is 28.0 Å². The number of aromatic amines is 2. The monoisotopic (exact) mass is 530 g/mol. The molecule has 6 rings (SSSR count). The number of fused-ring (bicyclic) bond motifs is 2. The highest BCUT2D eigenvalue weighted by Crippen LogP contribution is 2.33. The molecule has 0 fully saturated rings. The van der Waals surface area contributed by atoms with Gasteiger partial charge in [0.2, 0.25) is 10.0 Å². The molecule has 0 bridgehead atoms. The van der Waals surface area contributed by atoms with Crippen LogP contribution >= 0.6 is 0 Å². The van der Waals surface area contributed by atoms with Gasteiger partial charge in [-0.1, -0.05) is 0 Å². The number of aryl methyl sites for hydroxylation is 1. The fraction of sp³-hybridized carbons (Fsp3) is 0.154. The van der Waals surface area contributed by atoms with Crippen LogP contribution in [0.5, 0.6) is 0 Å². The first-order valence-corrected chi connectivity index (χ1v) is 13.6. The highest BCUT2D eigenvalue weighted by molar-refractivity contribution is 7.88. The van der Waals surface area contributed by atoms with Crippen LogP contribution in [0, 0.1) is 12.7 Å². The molecule has 3 N–H and O–H groups in total. The second-order valence-corrected chi connectivity index (χ2v) is 11.0. The van der Waals surface area contributed by atoms with Crippen molar-refractivity contribution in [2.45, 2.75) is 13.5 Å². The van der Waals surface area contributed by atoms with Gasteiger partial charge >= 0.3 is 0 Å². The van der Waals surface area contributed by atoms with Gasteiger partial charge in [0.05, 0.1) is 40.7 Å². The van der Waals surface area contributed by atoms with E-state index in [0.717, 1.165) is 45.6 Å². The summed E-state index contributed by atoms with van der Waals surface area (Å²) in [7, 11) is -1.48. The van der Waals surface area contributed by atoms with E-state index in [1.54, 1.807) is 18.5 Å². The lowest BCUT2D eigenvalue weighted by atomic mass is 10.0. The van der Waals surface area contributed by atoms with E-state index in [2.05, 4.69) is 29.9 Å². The molecule has 0 aliphatic carbocycles. The van der Waals surface area contributed by atoms with Crippen molar-refractivity contribution in [3.63, 3.8) is 0 Å². The quantitative estimate of drug-likeness (QED) is 0.297. The predicted octanol–water partition coefficient (Wildman–Crippen LogP) is 4.07. The van der Waals surface area contributed by atoms with Crippen LogP contribution in [-0.2, 0) is 23.6 Å². The largest absolute Gasteiger partial charge is 0.353 e. The molecule has 0 saturated carbocycles. The highest BCUT2D eigenvalue weighted by Gasteiger charge is 2.17. The Morgan fingerprint density at radius 1 is 1.05 bits per heavy atom. The molecule has 192 valence electrons. The van der Waals surface area contributed by atoms with E-state index in [1.165, 1.54) is 12.1 Å². The number of halogens is 1. The molecule has 6 aromatic rings. The molecule has 1 aromatic carbocycles. The molecule has 0 unspecified atom stereocenters. The third-order valence-electron chi connectivity index (χ3n) is 6.46. The third kappa shape index (κ3) is 4.33.